The molecule has 0 spiro atoms. The number of hydrogen-bond donors (Lipinski definition) is 2. The van der Waals surface area contributed by atoms with Crippen molar-refractivity contribution < 1.29 is 37.7 Å². The maximum atomic E-state index is 14.2. The van der Waals surface area contributed by atoms with Gasteiger partial charge in [0.1, 0.15) is 34.7 Å². The third-order valence-electron chi connectivity index (χ3n) is 6.61. The number of carbonyl (C=O) groups excluding carboxylic acids is 1. The predicted octanol–water partition coefficient (Wildman–Crippen LogP) is 5.47. The smallest absolute Gasteiger partial charge is 0.326 e. The lowest BCUT2D eigenvalue weighted by molar-refractivity contribution is -0.139. The minimum Gasteiger partial charge on any atom is -0.496 e. The first-order chi connectivity index (χ1) is 19.7. The van der Waals surface area contributed by atoms with Crippen LogP contribution in [0.3, 0.4) is 0 Å². The van der Waals surface area contributed by atoms with Crippen LogP contribution in [0.5, 0.6) is 11.5 Å². The van der Waals surface area contributed by atoms with Crippen molar-refractivity contribution in [2.24, 2.45) is 0 Å². The molecule has 1 unspecified atom stereocenters. The zero-order chi connectivity index (χ0) is 29.7. The number of aromatic nitrogens is 1. The number of nitrogens with one attached hydrogen (secondary N) is 1. The summed E-state index contributed by atoms with van der Waals surface area (Å²) in [5, 5.41) is 12.8. The van der Waals surface area contributed by atoms with Crippen LogP contribution in [0.4, 0.5) is 8.78 Å². The SMILES string of the molecule is CCOCc1cc(OC)c(-c2ccc(CC(NC(=O)c3c(F)cccc3F)C(=O)O)c3ccc(C)nc23)c(OC)c1. The van der Waals surface area contributed by atoms with Crippen LogP contribution >= 0.6 is 0 Å². The number of aryl methyl sites for hydroxylation is 1. The number of carboxylic acids is 1. The van der Waals surface area contributed by atoms with Gasteiger partial charge in [-0.25, -0.2) is 13.6 Å². The van der Waals surface area contributed by atoms with E-state index >= 15 is 0 Å². The first-order valence-electron chi connectivity index (χ1n) is 12.9. The Labute approximate surface area is 235 Å². The summed E-state index contributed by atoms with van der Waals surface area (Å²) in [6.07, 6.45) is -0.166. The number of aliphatic carboxylic acids is 1. The van der Waals surface area contributed by atoms with Crippen molar-refractivity contribution >= 4 is 22.8 Å². The van der Waals surface area contributed by atoms with Crippen LogP contribution in [0.2, 0.25) is 0 Å². The fourth-order valence-corrected chi connectivity index (χ4v) is 4.65. The van der Waals surface area contributed by atoms with E-state index in [0.717, 1.165) is 29.5 Å². The number of methoxy groups -OCH3 is 2. The molecule has 0 aliphatic carbocycles. The molecule has 1 heterocycles. The van der Waals surface area contributed by atoms with Crippen molar-refractivity contribution in [3.63, 3.8) is 0 Å². The Morgan fingerprint density at radius 2 is 1.66 bits per heavy atom. The summed E-state index contributed by atoms with van der Waals surface area (Å²) in [5.74, 6) is -3.62. The average molecular weight is 565 g/mol. The molecule has 1 aromatic heterocycles. The quantitative estimate of drug-likeness (QED) is 0.249. The molecule has 1 amide bonds. The number of carboxylic acid groups (broad SMARTS) is 1. The molecule has 0 saturated heterocycles. The molecule has 0 aliphatic rings. The molecule has 41 heavy (non-hydrogen) atoms. The molecule has 0 bridgehead atoms. The number of hydrogen-bond acceptors (Lipinski definition) is 6. The van der Waals surface area contributed by atoms with Gasteiger partial charge in [0, 0.05) is 29.7 Å². The van der Waals surface area contributed by atoms with Gasteiger partial charge in [-0.05, 0) is 55.3 Å². The van der Waals surface area contributed by atoms with E-state index in [0.29, 0.717) is 52.3 Å². The Morgan fingerprint density at radius 1 is 1.00 bits per heavy atom. The number of amides is 1. The Morgan fingerprint density at radius 3 is 2.24 bits per heavy atom. The van der Waals surface area contributed by atoms with Gasteiger partial charge in [0.25, 0.3) is 5.91 Å². The molecule has 0 saturated carbocycles. The molecule has 3 aromatic carbocycles. The highest BCUT2D eigenvalue weighted by atomic mass is 19.1. The standard InChI is InChI=1S/C31H30F2N2O6/c1-5-41-16-18-13-25(39-3)27(26(14-18)40-4)21-12-10-19(20-11-9-17(2)34-29(20)21)15-24(31(37)38)35-30(36)28-22(32)7-6-8-23(28)33/h6-14,24H,5,15-16H2,1-4H3,(H,35,36)(H,37,38). The molecule has 0 radical (unpaired) electrons. The first kappa shape index (κ1) is 29.4. The summed E-state index contributed by atoms with van der Waals surface area (Å²) >= 11 is 0. The zero-order valence-corrected chi connectivity index (χ0v) is 23.1. The Bertz CT molecular complexity index is 1560. The van der Waals surface area contributed by atoms with Gasteiger partial charge in [-0.2, -0.15) is 0 Å². The molecule has 4 rings (SSSR count). The molecular formula is C31H30F2N2O6. The third kappa shape index (κ3) is 6.28. The number of fused-ring (bicyclic) bond motifs is 1. The Kier molecular flexibility index (Phi) is 9.14. The summed E-state index contributed by atoms with van der Waals surface area (Å²) < 4.78 is 45.3. The van der Waals surface area contributed by atoms with E-state index in [1.54, 1.807) is 32.4 Å². The van der Waals surface area contributed by atoms with Gasteiger partial charge >= 0.3 is 5.97 Å². The van der Waals surface area contributed by atoms with E-state index in [1.165, 1.54) is 0 Å². The molecule has 2 N–H and O–H groups in total. The number of halogens is 2. The number of carbonyl (C=O) groups is 2. The van der Waals surface area contributed by atoms with Crippen molar-refractivity contribution in [3.8, 4) is 22.6 Å². The Hall–Kier alpha value is -4.57. The minimum absolute atomic E-state index is 0.166. The normalized spacial score (nSPS) is 11.8. The van der Waals surface area contributed by atoms with E-state index in [1.807, 2.05) is 32.0 Å². The van der Waals surface area contributed by atoms with Crippen LogP contribution in [-0.2, 0) is 22.6 Å². The lowest BCUT2D eigenvalue weighted by Gasteiger charge is -2.20. The molecule has 1 atom stereocenters. The van der Waals surface area contributed by atoms with Crippen LogP contribution in [0.25, 0.3) is 22.0 Å². The van der Waals surface area contributed by atoms with Crippen molar-refractivity contribution in [2.75, 3.05) is 20.8 Å². The number of nitrogens with zero attached hydrogens (tertiary/aromatic N) is 1. The molecule has 0 aliphatic heterocycles. The summed E-state index contributed by atoms with van der Waals surface area (Å²) in [6, 6.07) is 12.3. The fourth-order valence-electron chi connectivity index (χ4n) is 4.65. The van der Waals surface area contributed by atoms with Crippen LogP contribution in [0.15, 0.2) is 54.6 Å². The van der Waals surface area contributed by atoms with E-state index in [2.05, 4.69) is 5.32 Å². The lowest BCUT2D eigenvalue weighted by Crippen LogP contribution is -2.43. The van der Waals surface area contributed by atoms with Gasteiger partial charge in [0.15, 0.2) is 0 Å². The van der Waals surface area contributed by atoms with Crippen LogP contribution in [-0.4, -0.2) is 48.8 Å². The monoisotopic (exact) mass is 564 g/mol. The maximum absolute atomic E-state index is 14.2. The second-order valence-electron chi connectivity index (χ2n) is 9.30. The van der Waals surface area contributed by atoms with Gasteiger partial charge in [-0.3, -0.25) is 9.78 Å². The highest BCUT2D eigenvalue weighted by molar-refractivity contribution is 6.00. The summed E-state index contributed by atoms with van der Waals surface area (Å²) in [7, 11) is 3.10. The van der Waals surface area contributed by atoms with Crippen LogP contribution in [0.1, 0.15) is 34.1 Å². The lowest BCUT2D eigenvalue weighted by atomic mass is 9.93. The average Bonchev–Trinajstić information content (AvgIpc) is 2.95. The molecule has 4 aromatic rings. The van der Waals surface area contributed by atoms with E-state index in [4.69, 9.17) is 19.2 Å². The summed E-state index contributed by atoms with van der Waals surface area (Å²) in [5.41, 5.74) is 3.21. The van der Waals surface area contributed by atoms with Gasteiger partial charge in [0.2, 0.25) is 0 Å². The van der Waals surface area contributed by atoms with Crippen molar-refractivity contribution in [2.45, 2.75) is 32.9 Å². The van der Waals surface area contributed by atoms with Crippen LogP contribution < -0.4 is 14.8 Å². The molecular weight excluding hydrogens is 534 g/mol. The van der Waals surface area contributed by atoms with E-state index in [9.17, 15) is 23.5 Å². The number of ether oxygens (including phenoxy) is 3. The fraction of sp³-hybridized carbons (Fsp3) is 0.258. The number of benzene rings is 3. The molecule has 0 fully saturated rings. The molecule has 214 valence electrons. The predicted molar refractivity (Wildman–Crippen MR) is 149 cm³/mol. The Balaban J connectivity index is 1.78. The minimum atomic E-state index is -1.47. The third-order valence-corrected chi connectivity index (χ3v) is 6.61. The maximum Gasteiger partial charge on any atom is 0.326 e. The van der Waals surface area contributed by atoms with Crippen molar-refractivity contribution in [1.82, 2.24) is 10.3 Å². The van der Waals surface area contributed by atoms with Crippen molar-refractivity contribution in [3.05, 3.63) is 88.6 Å². The largest absolute Gasteiger partial charge is 0.496 e. The second kappa shape index (κ2) is 12.7. The van der Waals surface area contributed by atoms with Gasteiger partial charge in [-0.1, -0.05) is 24.3 Å². The highest BCUT2D eigenvalue weighted by Crippen LogP contribution is 2.43. The van der Waals surface area contributed by atoms with E-state index in [-0.39, 0.29) is 6.42 Å². The molecule has 8 nitrogen and oxygen atoms in total. The van der Waals surface area contributed by atoms with E-state index < -0.39 is 35.1 Å². The summed E-state index contributed by atoms with van der Waals surface area (Å²) in [6.45, 7) is 4.66. The van der Waals surface area contributed by atoms with Crippen LogP contribution in [0, 0.1) is 18.6 Å². The zero-order valence-electron chi connectivity index (χ0n) is 23.1. The topological polar surface area (TPSA) is 107 Å². The number of rotatable bonds is 11. The van der Waals surface area contributed by atoms with Gasteiger partial charge in [-0.15, -0.1) is 0 Å². The van der Waals surface area contributed by atoms with Gasteiger partial charge in [0.05, 0.1) is 31.9 Å². The first-order valence-corrected chi connectivity index (χ1v) is 12.9. The van der Waals surface area contributed by atoms with Crippen molar-refractivity contribution in [1.29, 1.82) is 0 Å². The summed E-state index contributed by atoms with van der Waals surface area (Å²) in [4.78, 5) is 29.6. The molecule has 10 heteroatoms. The number of pyridine rings is 1. The van der Waals surface area contributed by atoms with Gasteiger partial charge < -0.3 is 24.6 Å². The highest BCUT2D eigenvalue weighted by Gasteiger charge is 2.26. The second-order valence-corrected chi connectivity index (χ2v) is 9.30.